The first kappa shape index (κ1) is 19.2. The van der Waals surface area contributed by atoms with E-state index in [1.807, 2.05) is 20.8 Å². The third-order valence-electron chi connectivity index (χ3n) is 3.63. The van der Waals surface area contributed by atoms with Gasteiger partial charge in [0.25, 0.3) is 0 Å². The predicted molar refractivity (Wildman–Crippen MR) is 87.8 cm³/mol. The molecule has 0 aromatic rings. The van der Waals surface area contributed by atoms with Crippen molar-refractivity contribution in [2.45, 2.75) is 64.1 Å². The topological polar surface area (TPSA) is 85.6 Å². The maximum absolute atomic E-state index is 11.8. The van der Waals surface area contributed by atoms with Crippen LogP contribution in [-0.4, -0.2) is 50.6 Å². The standard InChI is InChI=1S/C16H33N3O3/c1-16(2,3)22-15(20)18-10-14(12-7-8-12)19-13(11-21-4)6-5-9-17/h12-14,19H,5-11,17H2,1-4H3,(H,18,20). The first-order chi connectivity index (χ1) is 10.4. The number of carbonyl (C=O) groups is 1. The molecule has 22 heavy (non-hydrogen) atoms. The quantitative estimate of drug-likeness (QED) is 0.570. The van der Waals surface area contributed by atoms with Gasteiger partial charge in [0.05, 0.1) is 6.61 Å². The van der Waals surface area contributed by atoms with Gasteiger partial charge in [-0.2, -0.15) is 0 Å². The zero-order chi connectivity index (χ0) is 16.6. The van der Waals surface area contributed by atoms with Crippen LogP contribution in [0.4, 0.5) is 4.79 Å². The number of ether oxygens (including phenoxy) is 2. The average molecular weight is 315 g/mol. The molecule has 2 atom stereocenters. The molecule has 0 heterocycles. The van der Waals surface area contributed by atoms with Gasteiger partial charge in [-0.05, 0) is 58.9 Å². The molecule has 0 aromatic heterocycles. The predicted octanol–water partition coefficient (Wildman–Crippen LogP) is 1.63. The molecule has 0 aromatic carbocycles. The van der Waals surface area contributed by atoms with E-state index < -0.39 is 5.60 Å². The highest BCUT2D eigenvalue weighted by Gasteiger charge is 2.33. The summed E-state index contributed by atoms with van der Waals surface area (Å²) in [5.74, 6) is 0.632. The van der Waals surface area contributed by atoms with Crippen molar-refractivity contribution < 1.29 is 14.3 Å². The third kappa shape index (κ3) is 8.56. The summed E-state index contributed by atoms with van der Waals surface area (Å²) >= 11 is 0. The molecule has 1 saturated carbocycles. The number of methoxy groups -OCH3 is 1. The van der Waals surface area contributed by atoms with Gasteiger partial charge in [-0.15, -0.1) is 0 Å². The van der Waals surface area contributed by atoms with Gasteiger partial charge in [0.15, 0.2) is 0 Å². The van der Waals surface area contributed by atoms with Crippen LogP contribution < -0.4 is 16.4 Å². The van der Waals surface area contributed by atoms with E-state index in [2.05, 4.69) is 10.6 Å². The highest BCUT2D eigenvalue weighted by molar-refractivity contribution is 5.67. The highest BCUT2D eigenvalue weighted by atomic mass is 16.6. The number of hydrogen-bond donors (Lipinski definition) is 3. The van der Waals surface area contributed by atoms with Gasteiger partial charge in [-0.3, -0.25) is 0 Å². The second kappa shape index (κ2) is 9.33. The number of hydrogen-bond acceptors (Lipinski definition) is 5. The second-order valence-electron chi connectivity index (χ2n) is 7.08. The second-order valence-corrected chi connectivity index (χ2v) is 7.08. The minimum absolute atomic E-state index is 0.269. The normalized spacial score (nSPS) is 17.9. The number of amides is 1. The van der Waals surface area contributed by atoms with Crippen molar-refractivity contribution in [3.05, 3.63) is 0 Å². The summed E-state index contributed by atoms with van der Waals surface area (Å²) < 4.78 is 10.6. The first-order valence-electron chi connectivity index (χ1n) is 8.27. The lowest BCUT2D eigenvalue weighted by molar-refractivity contribution is 0.0518. The van der Waals surface area contributed by atoms with Crippen LogP contribution in [0.2, 0.25) is 0 Å². The van der Waals surface area contributed by atoms with E-state index in [0.29, 0.717) is 25.6 Å². The Labute approximate surface area is 134 Å². The van der Waals surface area contributed by atoms with Gasteiger partial charge in [-0.25, -0.2) is 4.79 Å². The molecule has 1 amide bonds. The Morgan fingerprint density at radius 1 is 1.36 bits per heavy atom. The molecule has 130 valence electrons. The van der Waals surface area contributed by atoms with Crippen LogP contribution in [-0.2, 0) is 9.47 Å². The molecular formula is C16H33N3O3. The van der Waals surface area contributed by atoms with E-state index in [4.69, 9.17) is 15.2 Å². The van der Waals surface area contributed by atoms with Crippen molar-refractivity contribution in [1.29, 1.82) is 0 Å². The van der Waals surface area contributed by atoms with E-state index in [9.17, 15) is 4.79 Å². The van der Waals surface area contributed by atoms with Crippen LogP contribution in [0.1, 0.15) is 46.5 Å². The molecule has 1 aliphatic carbocycles. The SMILES string of the molecule is COCC(CCCN)NC(CNC(=O)OC(C)(C)C)C1CC1. The highest BCUT2D eigenvalue weighted by Crippen LogP contribution is 2.32. The van der Waals surface area contributed by atoms with Gasteiger partial charge < -0.3 is 25.8 Å². The van der Waals surface area contributed by atoms with Crippen LogP contribution in [0.15, 0.2) is 0 Å². The lowest BCUT2D eigenvalue weighted by Gasteiger charge is -2.26. The molecule has 1 fully saturated rings. The lowest BCUT2D eigenvalue weighted by atomic mass is 10.1. The van der Waals surface area contributed by atoms with Gasteiger partial charge >= 0.3 is 6.09 Å². The maximum Gasteiger partial charge on any atom is 0.407 e. The number of nitrogens with one attached hydrogen (secondary N) is 2. The Morgan fingerprint density at radius 2 is 2.05 bits per heavy atom. The smallest absolute Gasteiger partial charge is 0.407 e. The lowest BCUT2D eigenvalue weighted by Crippen LogP contribution is -2.49. The van der Waals surface area contributed by atoms with E-state index >= 15 is 0 Å². The van der Waals surface area contributed by atoms with Crippen molar-refractivity contribution in [2.75, 3.05) is 26.8 Å². The zero-order valence-corrected chi connectivity index (χ0v) is 14.5. The fraction of sp³-hybridized carbons (Fsp3) is 0.938. The number of rotatable bonds is 10. The number of carbonyl (C=O) groups excluding carboxylic acids is 1. The molecule has 0 saturated heterocycles. The van der Waals surface area contributed by atoms with Crippen LogP contribution >= 0.6 is 0 Å². The van der Waals surface area contributed by atoms with E-state index in [1.54, 1.807) is 7.11 Å². The Bertz CT molecular complexity index is 327. The summed E-state index contributed by atoms with van der Waals surface area (Å²) in [6, 6.07) is 0.546. The summed E-state index contributed by atoms with van der Waals surface area (Å²) in [4.78, 5) is 11.8. The van der Waals surface area contributed by atoms with Gasteiger partial charge in [0.2, 0.25) is 0 Å². The fourth-order valence-electron chi connectivity index (χ4n) is 2.45. The summed E-state index contributed by atoms with van der Waals surface area (Å²) in [7, 11) is 1.71. The van der Waals surface area contributed by atoms with Crippen LogP contribution in [0, 0.1) is 5.92 Å². The summed E-state index contributed by atoms with van der Waals surface area (Å²) in [6.07, 6.45) is 4.03. The molecular weight excluding hydrogens is 282 g/mol. The van der Waals surface area contributed by atoms with Crippen molar-refractivity contribution in [2.24, 2.45) is 11.7 Å². The summed E-state index contributed by atoms with van der Waals surface area (Å²) in [5.41, 5.74) is 5.12. The summed E-state index contributed by atoms with van der Waals surface area (Å²) in [6.45, 7) is 7.53. The van der Waals surface area contributed by atoms with E-state index in [1.165, 1.54) is 12.8 Å². The molecule has 6 nitrogen and oxygen atoms in total. The molecule has 0 spiro atoms. The largest absolute Gasteiger partial charge is 0.444 e. The van der Waals surface area contributed by atoms with Crippen molar-refractivity contribution in [3.8, 4) is 0 Å². The minimum atomic E-state index is -0.466. The molecule has 2 unspecified atom stereocenters. The molecule has 6 heteroatoms. The van der Waals surface area contributed by atoms with Gasteiger partial charge in [-0.1, -0.05) is 0 Å². The minimum Gasteiger partial charge on any atom is -0.444 e. The average Bonchev–Trinajstić information content (AvgIpc) is 3.23. The maximum atomic E-state index is 11.8. The van der Waals surface area contributed by atoms with Crippen molar-refractivity contribution in [3.63, 3.8) is 0 Å². The van der Waals surface area contributed by atoms with Crippen molar-refractivity contribution in [1.82, 2.24) is 10.6 Å². The molecule has 1 aliphatic rings. The molecule has 0 bridgehead atoms. The molecule has 1 rings (SSSR count). The van der Waals surface area contributed by atoms with Gasteiger partial charge in [0, 0.05) is 25.7 Å². The number of nitrogens with two attached hydrogens (primary N) is 1. The molecule has 0 aliphatic heterocycles. The van der Waals surface area contributed by atoms with Crippen molar-refractivity contribution >= 4 is 6.09 Å². The van der Waals surface area contributed by atoms with Crippen LogP contribution in [0.3, 0.4) is 0 Å². The zero-order valence-electron chi connectivity index (χ0n) is 14.5. The van der Waals surface area contributed by atoms with Gasteiger partial charge in [0.1, 0.15) is 5.60 Å². The van der Waals surface area contributed by atoms with Crippen LogP contribution in [0.5, 0.6) is 0 Å². The Balaban J connectivity index is 2.42. The Hall–Kier alpha value is -0.850. The van der Waals surface area contributed by atoms with E-state index in [0.717, 1.165) is 12.8 Å². The Morgan fingerprint density at radius 3 is 2.55 bits per heavy atom. The third-order valence-corrected chi connectivity index (χ3v) is 3.63. The summed E-state index contributed by atoms with van der Waals surface area (Å²) in [5, 5.41) is 6.49. The molecule has 4 N–H and O–H groups in total. The monoisotopic (exact) mass is 315 g/mol. The van der Waals surface area contributed by atoms with E-state index in [-0.39, 0.29) is 18.2 Å². The first-order valence-corrected chi connectivity index (χ1v) is 8.27. The fourth-order valence-corrected chi connectivity index (χ4v) is 2.45. The van der Waals surface area contributed by atoms with Crippen LogP contribution in [0.25, 0.3) is 0 Å². The number of alkyl carbamates (subject to hydrolysis) is 1. The molecule has 0 radical (unpaired) electrons. The Kier molecular flexibility index (Phi) is 8.14.